The fourth-order valence-electron chi connectivity index (χ4n) is 1.55. The summed E-state index contributed by atoms with van der Waals surface area (Å²) in [6.45, 7) is 4.71. The Hall–Kier alpha value is -1.35. The first-order valence-corrected chi connectivity index (χ1v) is 5.14. The highest BCUT2D eigenvalue weighted by atomic mass is 35.5. The van der Waals surface area contributed by atoms with E-state index in [-0.39, 0.29) is 0 Å². The Morgan fingerprint density at radius 1 is 1.33 bits per heavy atom. The molecule has 0 aromatic carbocycles. The lowest BCUT2D eigenvalue weighted by atomic mass is 10.2. The molecule has 0 bridgehead atoms. The van der Waals surface area contributed by atoms with Crippen molar-refractivity contribution in [2.75, 3.05) is 0 Å². The molecule has 0 atom stereocenters. The van der Waals surface area contributed by atoms with Gasteiger partial charge in [-0.3, -0.25) is 0 Å². The number of halogens is 1. The normalized spacial score (nSPS) is 10.6. The summed E-state index contributed by atoms with van der Waals surface area (Å²) in [4.78, 5) is 8.30. The first-order valence-electron chi connectivity index (χ1n) is 4.76. The van der Waals surface area contributed by atoms with Crippen molar-refractivity contribution >= 4 is 11.6 Å². The summed E-state index contributed by atoms with van der Waals surface area (Å²) in [6.07, 6.45) is 3.75. The minimum absolute atomic E-state index is 0.544. The fourth-order valence-corrected chi connectivity index (χ4v) is 1.83. The van der Waals surface area contributed by atoms with E-state index in [0.29, 0.717) is 5.15 Å². The number of rotatable bonds is 2. The van der Waals surface area contributed by atoms with Gasteiger partial charge in [0.05, 0.1) is 0 Å². The summed E-state index contributed by atoms with van der Waals surface area (Å²) >= 11 is 5.89. The molecule has 0 N–H and O–H groups in total. The molecule has 0 aliphatic heterocycles. The average Bonchev–Trinajstić information content (AvgIpc) is 2.50. The van der Waals surface area contributed by atoms with E-state index >= 15 is 0 Å². The van der Waals surface area contributed by atoms with Gasteiger partial charge in [0, 0.05) is 24.6 Å². The number of pyridine rings is 1. The largest absolute Gasteiger partial charge is 0.331 e. The van der Waals surface area contributed by atoms with E-state index in [1.165, 1.54) is 0 Å². The van der Waals surface area contributed by atoms with Gasteiger partial charge in [-0.15, -0.1) is 0 Å². The predicted octanol–water partition coefficient (Wildman–Crippen LogP) is 2.60. The maximum absolute atomic E-state index is 5.89. The number of imidazole rings is 1. The second-order valence-electron chi connectivity index (χ2n) is 3.54. The highest BCUT2D eigenvalue weighted by Gasteiger charge is 2.01. The van der Waals surface area contributed by atoms with Gasteiger partial charge in [-0.05, 0) is 31.5 Å². The molecular formula is C11H12ClN3. The van der Waals surface area contributed by atoms with Crippen LogP contribution in [0.15, 0.2) is 24.5 Å². The molecule has 15 heavy (non-hydrogen) atoms. The van der Waals surface area contributed by atoms with Crippen LogP contribution < -0.4 is 0 Å². The van der Waals surface area contributed by atoms with Crippen molar-refractivity contribution < 1.29 is 0 Å². The molecule has 0 unspecified atom stereocenters. The van der Waals surface area contributed by atoms with Crippen LogP contribution in [0.2, 0.25) is 5.15 Å². The van der Waals surface area contributed by atoms with Crippen molar-refractivity contribution in [2.45, 2.75) is 20.4 Å². The van der Waals surface area contributed by atoms with Crippen LogP contribution in [0.1, 0.15) is 17.1 Å². The molecule has 0 radical (unpaired) electrons. The van der Waals surface area contributed by atoms with Crippen LogP contribution in [-0.4, -0.2) is 14.5 Å². The Morgan fingerprint density at radius 2 is 2.13 bits per heavy atom. The van der Waals surface area contributed by atoms with Crippen LogP contribution in [0.3, 0.4) is 0 Å². The van der Waals surface area contributed by atoms with Crippen LogP contribution in [0.5, 0.6) is 0 Å². The Bertz CT molecular complexity index is 456. The third-order valence-electron chi connectivity index (χ3n) is 2.26. The molecule has 4 heteroatoms. The molecule has 3 nitrogen and oxygen atoms in total. The number of aryl methyl sites for hydroxylation is 2. The maximum atomic E-state index is 5.89. The van der Waals surface area contributed by atoms with Crippen LogP contribution in [0.25, 0.3) is 0 Å². The zero-order valence-corrected chi connectivity index (χ0v) is 9.49. The van der Waals surface area contributed by atoms with Gasteiger partial charge in [0.1, 0.15) is 11.0 Å². The van der Waals surface area contributed by atoms with Crippen molar-refractivity contribution in [3.05, 3.63) is 46.8 Å². The highest BCUT2D eigenvalue weighted by Crippen LogP contribution is 2.12. The first-order chi connectivity index (χ1) is 7.15. The van der Waals surface area contributed by atoms with Crippen molar-refractivity contribution in [1.82, 2.24) is 14.5 Å². The van der Waals surface area contributed by atoms with E-state index in [1.807, 2.05) is 32.2 Å². The van der Waals surface area contributed by atoms with Crippen molar-refractivity contribution in [3.8, 4) is 0 Å². The zero-order valence-electron chi connectivity index (χ0n) is 8.74. The van der Waals surface area contributed by atoms with E-state index < -0.39 is 0 Å². The summed E-state index contributed by atoms with van der Waals surface area (Å²) < 4.78 is 2.07. The third-order valence-corrected chi connectivity index (χ3v) is 2.45. The van der Waals surface area contributed by atoms with Crippen molar-refractivity contribution in [1.29, 1.82) is 0 Å². The quantitative estimate of drug-likeness (QED) is 0.730. The molecule has 2 rings (SSSR count). The Morgan fingerprint density at radius 3 is 2.73 bits per heavy atom. The highest BCUT2D eigenvalue weighted by molar-refractivity contribution is 6.29. The monoisotopic (exact) mass is 221 g/mol. The second kappa shape index (κ2) is 4.03. The second-order valence-corrected chi connectivity index (χ2v) is 3.93. The maximum Gasteiger partial charge on any atom is 0.129 e. The summed E-state index contributed by atoms with van der Waals surface area (Å²) in [5, 5.41) is 0.544. The Kier molecular flexibility index (Phi) is 2.73. The molecule has 0 saturated carbocycles. The molecule has 0 saturated heterocycles. The summed E-state index contributed by atoms with van der Waals surface area (Å²) in [5.41, 5.74) is 2.09. The molecule has 2 heterocycles. The predicted molar refractivity (Wildman–Crippen MR) is 60.1 cm³/mol. The standard InChI is InChI=1S/C11H12ClN3/c1-8-5-10(6-11(12)14-8)7-15-4-3-13-9(15)2/h3-6H,7H2,1-2H3. The van der Waals surface area contributed by atoms with E-state index in [9.17, 15) is 0 Å². The lowest BCUT2D eigenvalue weighted by molar-refractivity contribution is 0.759. The van der Waals surface area contributed by atoms with Crippen molar-refractivity contribution in [3.63, 3.8) is 0 Å². The van der Waals surface area contributed by atoms with Gasteiger partial charge in [0.15, 0.2) is 0 Å². The average molecular weight is 222 g/mol. The SMILES string of the molecule is Cc1cc(Cn2ccnc2C)cc(Cl)n1. The van der Waals surface area contributed by atoms with E-state index in [1.54, 1.807) is 6.20 Å². The van der Waals surface area contributed by atoms with Gasteiger partial charge in [-0.25, -0.2) is 9.97 Å². The lowest BCUT2D eigenvalue weighted by Crippen LogP contribution is -2.01. The Balaban J connectivity index is 2.28. The van der Waals surface area contributed by atoms with Gasteiger partial charge < -0.3 is 4.57 Å². The fraction of sp³-hybridized carbons (Fsp3) is 0.273. The number of hydrogen-bond acceptors (Lipinski definition) is 2. The van der Waals surface area contributed by atoms with Gasteiger partial charge in [-0.1, -0.05) is 11.6 Å². The molecule has 0 amide bonds. The zero-order chi connectivity index (χ0) is 10.8. The van der Waals surface area contributed by atoms with Crippen LogP contribution >= 0.6 is 11.6 Å². The van der Waals surface area contributed by atoms with E-state index in [2.05, 4.69) is 14.5 Å². The topological polar surface area (TPSA) is 30.7 Å². The lowest BCUT2D eigenvalue weighted by Gasteiger charge is -2.06. The van der Waals surface area contributed by atoms with Crippen LogP contribution in [0, 0.1) is 13.8 Å². The summed E-state index contributed by atoms with van der Waals surface area (Å²) in [7, 11) is 0. The number of aromatic nitrogens is 3. The van der Waals surface area contributed by atoms with Gasteiger partial charge >= 0.3 is 0 Å². The Labute approximate surface area is 93.7 Å². The van der Waals surface area contributed by atoms with Gasteiger partial charge in [0.2, 0.25) is 0 Å². The smallest absolute Gasteiger partial charge is 0.129 e. The van der Waals surface area contributed by atoms with Gasteiger partial charge in [-0.2, -0.15) is 0 Å². The molecule has 2 aromatic rings. The molecule has 2 aromatic heterocycles. The van der Waals surface area contributed by atoms with E-state index in [0.717, 1.165) is 23.6 Å². The van der Waals surface area contributed by atoms with Gasteiger partial charge in [0.25, 0.3) is 0 Å². The van der Waals surface area contributed by atoms with Crippen LogP contribution in [0.4, 0.5) is 0 Å². The first kappa shape index (κ1) is 10.2. The molecular weight excluding hydrogens is 210 g/mol. The summed E-state index contributed by atoms with van der Waals surface area (Å²) in [5.74, 6) is 1.00. The molecule has 0 aliphatic rings. The number of nitrogens with zero attached hydrogens (tertiary/aromatic N) is 3. The third kappa shape index (κ3) is 2.36. The molecule has 0 spiro atoms. The number of hydrogen-bond donors (Lipinski definition) is 0. The minimum Gasteiger partial charge on any atom is -0.331 e. The molecule has 0 fully saturated rings. The molecule has 78 valence electrons. The van der Waals surface area contributed by atoms with E-state index in [4.69, 9.17) is 11.6 Å². The van der Waals surface area contributed by atoms with Crippen LogP contribution in [-0.2, 0) is 6.54 Å². The van der Waals surface area contributed by atoms with Crippen molar-refractivity contribution in [2.24, 2.45) is 0 Å². The summed E-state index contributed by atoms with van der Waals surface area (Å²) in [6, 6.07) is 3.92. The minimum atomic E-state index is 0.544. The molecule has 0 aliphatic carbocycles.